The van der Waals surface area contributed by atoms with Gasteiger partial charge in [-0.15, -0.1) is 11.3 Å². The average molecular weight is 296 g/mol. The smallest absolute Gasteiger partial charge is 0.258 e. The number of nitro benzene ring substituents is 1. The largest absolute Gasteiger partial charge is 0.276 e. The van der Waals surface area contributed by atoms with Gasteiger partial charge in [0, 0.05) is 6.07 Å². The minimum Gasteiger partial charge on any atom is -0.258 e. The van der Waals surface area contributed by atoms with Crippen LogP contribution in [0.1, 0.15) is 16.1 Å². The molecule has 0 aliphatic rings. The molecule has 0 unspecified atom stereocenters. The van der Waals surface area contributed by atoms with Gasteiger partial charge in [-0.05, 0) is 42.8 Å². The predicted molar refractivity (Wildman–Crippen MR) is 86.4 cm³/mol. The summed E-state index contributed by atoms with van der Waals surface area (Å²) in [5, 5.41) is 11.8. The summed E-state index contributed by atoms with van der Waals surface area (Å²) in [7, 11) is 0. The molecule has 2 aromatic carbocycles. The van der Waals surface area contributed by atoms with Crippen LogP contribution in [0.15, 0.2) is 42.5 Å². The molecule has 0 N–H and O–H groups in total. The topological polar surface area (TPSA) is 56.0 Å². The number of aryl methyl sites for hydroxylation is 1. The van der Waals surface area contributed by atoms with Gasteiger partial charge >= 0.3 is 0 Å². The molecule has 1 aromatic heterocycles. The first-order valence-corrected chi connectivity index (χ1v) is 7.24. The molecular formula is C16H12N2O2S. The zero-order valence-corrected chi connectivity index (χ0v) is 12.1. The van der Waals surface area contributed by atoms with E-state index in [1.807, 2.05) is 25.1 Å². The second kappa shape index (κ2) is 5.46. The molecule has 0 saturated heterocycles. The van der Waals surface area contributed by atoms with Gasteiger partial charge in [-0.2, -0.15) is 0 Å². The lowest BCUT2D eigenvalue weighted by Crippen LogP contribution is -1.90. The van der Waals surface area contributed by atoms with Crippen molar-refractivity contribution >= 4 is 39.4 Å². The van der Waals surface area contributed by atoms with E-state index >= 15 is 0 Å². The van der Waals surface area contributed by atoms with Gasteiger partial charge in [0.25, 0.3) is 5.69 Å². The van der Waals surface area contributed by atoms with Crippen LogP contribution in [0.5, 0.6) is 0 Å². The fourth-order valence-corrected chi connectivity index (χ4v) is 2.93. The SMILES string of the molecule is Cc1ccc2sc(/C=C/c3ccccc3[N+](=O)[O-])nc2c1. The quantitative estimate of drug-likeness (QED) is 0.520. The number of hydrogen-bond acceptors (Lipinski definition) is 4. The van der Waals surface area contributed by atoms with E-state index in [1.54, 1.807) is 35.6 Å². The maximum absolute atomic E-state index is 11.0. The number of nitro groups is 1. The van der Waals surface area contributed by atoms with Gasteiger partial charge in [0.1, 0.15) is 5.01 Å². The zero-order chi connectivity index (χ0) is 14.8. The summed E-state index contributed by atoms with van der Waals surface area (Å²) in [6.07, 6.45) is 3.56. The highest BCUT2D eigenvalue weighted by Crippen LogP contribution is 2.26. The summed E-state index contributed by atoms with van der Waals surface area (Å²) in [6, 6.07) is 12.8. The standard InChI is InChI=1S/C16H12N2O2S/c1-11-6-8-15-13(10-11)17-16(21-15)9-7-12-4-2-3-5-14(12)18(19)20/h2-10H,1H3/b9-7+. The molecule has 0 spiro atoms. The van der Waals surface area contributed by atoms with Crippen LogP contribution >= 0.6 is 11.3 Å². The predicted octanol–water partition coefficient (Wildman–Crippen LogP) is 4.68. The Hall–Kier alpha value is -2.53. The molecule has 0 fully saturated rings. The second-order valence-corrected chi connectivity index (χ2v) is 5.73. The minimum atomic E-state index is -0.374. The van der Waals surface area contributed by atoms with Crippen LogP contribution < -0.4 is 0 Å². The molecule has 21 heavy (non-hydrogen) atoms. The van der Waals surface area contributed by atoms with Crippen molar-refractivity contribution in [1.82, 2.24) is 4.98 Å². The molecule has 0 amide bonds. The van der Waals surface area contributed by atoms with E-state index in [0.29, 0.717) is 5.56 Å². The monoisotopic (exact) mass is 296 g/mol. The highest BCUT2D eigenvalue weighted by Gasteiger charge is 2.09. The van der Waals surface area contributed by atoms with Gasteiger partial charge in [0.15, 0.2) is 0 Å². The molecule has 0 atom stereocenters. The van der Waals surface area contributed by atoms with E-state index in [0.717, 1.165) is 15.2 Å². The fourth-order valence-electron chi connectivity index (χ4n) is 2.08. The molecule has 0 bridgehead atoms. The Morgan fingerprint density at radius 3 is 2.81 bits per heavy atom. The summed E-state index contributed by atoms with van der Waals surface area (Å²) in [5.74, 6) is 0. The Kier molecular flexibility index (Phi) is 3.50. The molecule has 0 aliphatic carbocycles. The number of nitrogens with zero attached hydrogens (tertiary/aromatic N) is 2. The van der Waals surface area contributed by atoms with Crippen LogP contribution in [0.3, 0.4) is 0 Å². The van der Waals surface area contributed by atoms with E-state index < -0.39 is 0 Å². The molecular weight excluding hydrogens is 284 g/mol. The third-order valence-corrected chi connectivity index (χ3v) is 4.10. The maximum Gasteiger partial charge on any atom is 0.276 e. The number of thiazole rings is 1. The van der Waals surface area contributed by atoms with Gasteiger partial charge in [-0.1, -0.05) is 18.2 Å². The molecule has 0 saturated carbocycles. The third-order valence-electron chi connectivity index (χ3n) is 3.10. The highest BCUT2D eigenvalue weighted by molar-refractivity contribution is 7.19. The minimum absolute atomic E-state index is 0.103. The second-order valence-electron chi connectivity index (χ2n) is 4.67. The highest BCUT2D eigenvalue weighted by atomic mass is 32.1. The summed E-state index contributed by atoms with van der Waals surface area (Å²) in [4.78, 5) is 15.1. The molecule has 104 valence electrons. The van der Waals surface area contributed by atoms with E-state index in [4.69, 9.17) is 0 Å². The zero-order valence-electron chi connectivity index (χ0n) is 11.3. The van der Waals surface area contributed by atoms with Crippen LogP contribution in [-0.4, -0.2) is 9.91 Å². The summed E-state index contributed by atoms with van der Waals surface area (Å²) >= 11 is 1.57. The Bertz CT molecular complexity index is 852. The van der Waals surface area contributed by atoms with E-state index in [2.05, 4.69) is 11.1 Å². The Morgan fingerprint density at radius 2 is 2.00 bits per heavy atom. The molecule has 3 rings (SSSR count). The summed E-state index contributed by atoms with van der Waals surface area (Å²) in [5.41, 5.74) is 2.81. The number of rotatable bonds is 3. The van der Waals surface area contributed by atoms with Crippen molar-refractivity contribution < 1.29 is 4.92 Å². The van der Waals surface area contributed by atoms with Crippen molar-refractivity contribution in [2.75, 3.05) is 0 Å². The van der Waals surface area contributed by atoms with E-state index in [-0.39, 0.29) is 10.6 Å². The molecule has 0 radical (unpaired) electrons. The van der Waals surface area contributed by atoms with Crippen LogP contribution in [0.25, 0.3) is 22.4 Å². The number of benzene rings is 2. The molecule has 3 aromatic rings. The van der Waals surface area contributed by atoms with Crippen molar-refractivity contribution in [1.29, 1.82) is 0 Å². The molecule has 0 aliphatic heterocycles. The van der Waals surface area contributed by atoms with Crippen LogP contribution in [0.2, 0.25) is 0 Å². The molecule has 1 heterocycles. The van der Waals surface area contributed by atoms with Crippen molar-refractivity contribution in [3.63, 3.8) is 0 Å². The Labute approximate surface area is 125 Å². The van der Waals surface area contributed by atoms with Crippen LogP contribution in [-0.2, 0) is 0 Å². The van der Waals surface area contributed by atoms with Crippen molar-refractivity contribution in [2.45, 2.75) is 6.92 Å². The van der Waals surface area contributed by atoms with Gasteiger partial charge in [-0.25, -0.2) is 4.98 Å². The van der Waals surface area contributed by atoms with Crippen LogP contribution in [0.4, 0.5) is 5.69 Å². The number of para-hydroxylation sites is 1. The van der Waals surface area contributed by atoms with Crippen molar-refractivity contribution in [3.8, 4) is 0 Å². The average Bonchev–Trinajstić information content (AvgIpc) is 2.87. The third kappa shape index (κ3) is 2.83. The summed E-state index contributed by atoms with van der Waals surface area (Å²) < 4.78 is 1.11. The lowest BCUT2D eigenvalue weighted by Gasteiger charge is -1.95. The van der Waals surface area contributed by atoms with E-state index in [9.17, 15) is 10.1 Å². The molecule has 5 heteroatoms. The lowest BCUT2D eigenvalue weighted by atomic mass is 10.1. The van der Waals surface area contributed by atoms with Gasteiger partial charge in [-0.3, -0.25) is 10.1 Å². The van der Waals surface area contributed by atoms with Crippen molar-refractivity contribution in [2.24, 2.45) is 0 Å². The van der Waals surface area contributed by atoms with Gasteiger partial charge < -0.3 is 0 Å². The maximum atomic E-state index is 11.0. The number of hydrogen-bond donors (Lipinski definition) is 0. The van der Waals surface area contributed by atoms with E-state index in [1.165, 1.54) is 11.6 Å². The first-order valence-electron chi connectivity index (χ1n) is 6.42. The van der Waals surface area contributed by atoms with Crippen LogP contribution in [0, 0.1) is 17.0 Å². The Morgan fingerprint density at radius 1 is 1.19 bits per heavy atom. The first kappa shape index (κ1) is 13.5. The fraction of sp³-hybridized carbons (Fsp3) is 0.0625. The Balaban J connectivity index is 1.96. The first-order chi connectivity index (χ1) is 10.1. The number of aromatic nitrogens is 1. The summed E-state index contributed by atoms with van der Waals surface area (Å²) in [6.45, 7) is 2.03. The molecule has 4 nitrogen and oxygen atoms in total. The van der Waals surface area contributed by atoms with Crippen molar-refractivity contribution in [3.05, 3.63) is 68.7 Å². The van der Waals surface area contributed by atoms with Gasteiger partial charge in [0.2, 0.25) is 0 Å². The van der Waals surface area contributed by atoms with Gasteiger partial charge in [0.05, 0.1) is 20.7 Å². The normalized spacial score (nSPS) is 11.3. The number of fused-ring (bicyclic) bond motifs is 1. The lowest BCUT2D eigenvalue weighted by molar-refractivity contribution is -0.385.